The van der Waals surface area contributed by atoms with Gasteiger partial charge in [0, 0.05) is 70.3 Å². The first-order chi connectivity index (χ1) is 26.4. The summed E-state index contributed by atoms with van der Waals surface area (Å²) in [5, 5.41) is 2.40. The minimum absolute atomic E-state index is 0.0831. The van der Waals surface area contributed by atoms with E-state index in [2.05, 4.69) is 32.0 Å². The van der Waals surface area contributed by atoms with Gasteiger partial charge in [-0.05, 0) is 63.2 Å². The second-order valence-electron chi connectivity index (χ2n) is 14.6. The first-order valence-corrected chi connectivity index (χ1v) is 18.1. The van der Waals surface area contributed by atoms with Gasteiger partial charge in [-0.25, -0.2) is 24.1 Å². The number of amides is 3. The summed E-state index contributed by atoms with van der Waals surface area (Å²) in [5.74, 6) is 2.96. The number of nitrogen functional groups attached to an aromatic ring is 1. The van der Waals surface area contributed by atoms with E-state index in [0.29, 0.717) is 30.9 Å². The molecular formula is C40H42F4N8O4. The average Bonchev–Trinajstić information content (AvgIpc) is 3.48. The lowest BCUT2D eigenvalue weighted by Gasteiger charge is -2.34. The van der Waals surface area contributed by atoms with Crippen LogP contribution >= 0.6 is 0 Å². The molecule has 3 amide bonds. The Balaban J connectivity index is 1.24. The molecule has 3 N–H and O–H groups in total. The van der Waals surface area contributed by atoms with Gasteiger partial charge in [0.15, 0.2) is 5.82 Å². The first kappa shape index (κ1) is 39.9. The molecule has 0 unspecified atom stereocenters. The summed E-state index contributed by atoms with van der Waals surface area (Å²) < 4.78 is 65.6. The molecule has 12 nitrogen and oxygen atoms in total. The fourth-order valence-corrected chi connectivity index (χ4v) is 6.69. The molecule has 294 valence electrons. The molecule has 2 aliphatic rings. The van der Waals surface area contributed by atoms with Crippen molar-refractivity contribution < 1.29 is 36.7 Å². The summed E-state index contributed by atoms with van der Waals surface area (Å²) in [6.45, 7) is 11.1. The van der Waals surface area contributed by atoms with Gasteiger partial charge in [-0.2, -0.15) is 13.2 Å². The van der Waals surface area contributed by atoms with Crippen molar-refractivity contribution in [3.63, 3.8) is 0 Å². The molecule has 4 heterocycles. The van der Waals surface area contributed by atoms with Crippen LogP contribution in [0, 0.1) is 17.7 Å². The Morgan fingerprint density at radius 3 is 2.36 bits per heavy atom. The average molecular weight is 775 g/mol. The van der Waals surface area contributed by atoms with Gasteiger partial charge in [-0.15, -0.1) is 0 Å². The van der Waals surface area contributed by atoms with E-state index in [-0.39, 0.29) is 52.7 Å². The van der Waals surface area contributed by atoms with Crippen molar-refractivity contribution in [1.29, 1.82) is 0 Å². The standard InChI is InChI=1S/C40H42F4N8O4/c1-6-50-16-18-51(19-17-50)23-26-12-13-27(20-30(26)40(42,43)44)47-35(53)28-9-7-8-24(33(28)41)10-11-25-22-46-37(45)48-34(25)32-21-29-31(49(32)5)14-15-52(36(29)54)38(55)56-39(2,3)4/h7-9,12-13,20-22H,6,14-19,23H2,1-5H3,(H,47,53)(H2,45,46,48). The molecule has 1 fully saturated rings. The van der Waals surface area contributed by atoms with Crippen molar-refractivity contribution in [2.45, 2.75) is 52.4 Å². The normalized spacial score (nSPS) is 15.2. The van der Waals surface area contributed by atoms with Crippen LogP contribution in [0.2, 0.25) is 0 Å². The number of ether oxygens (including phenoxy) is 1. The molecule has 0 atom stereocenters. The van der Waals surface area contributed by atoms with Crippen molar-refractivity contribution in [2.24, 2.45) is 7.05 Å². The van der Waals surface area contributed by atoms with E-state index >= 15 is 4.39 Å². The fourth-order valence-electron chi connectivity index (χ4n) is 6.69. The van der Waals surface area contributed by atoms with Gasteiger partial charge in [-0.3, -0.25) is 14.5 Å². The summed E-state index contributed by atoms with van der Waals surface area (Å²) in [6, 6.07) is 9.09. The highest BCUT2D eigenvalue weighted by Crippen LogP contribution is 2.35. The highest BCUT2D eigenvalue weighted by molar-refractivity contribution is 6.06. The molecule has 2 aromatic heterocycles. The number of rotatable bonds is 6. The predicted octanol–water partition coefficient (Wildman–Crippen LogP) is 5.95. The molecule has 0 radical (unpaired) electrons. The summed E-state index contributed by atoms with van der Waals surface area (Å²) in [5.41, 5.74) is 5.40. The van der Waals surface area contributed by atoms with Gasteiger partial charge in [0.25, 0.3) is 11.8 Å². The first-order valence-electron chi connectivity index (χ1n) is 18.1. The monoisotopic (exact) mass is 774 g/mol. The summed E-state index contributed by atoms with van der Waals surface area (Å²) in [7, 11) is 1.72. The van der Waals surface area contributed by atoms with Crippen LogP contribution in [0.4, 0.5) is 34.0 Å². The minimum Gasteiger partial charge on any atom is -0.443 e. The van der Waals surface area contributed by atoms with Crippen molar-refractivity contribution >= 4 is 29.5 Å². The maximum atomic E-state index is 15.8. The molecule has 2 aromatic carbocycles. The number of nitrogens with one attached hydrogen (secondary N) is 1. The van der Waals surface area contributed by atoms with Crippen molar-refractivity contribution in [1.82, 2.24) is 29.2 Å². The molecule has 16 heteroatoms. The smallest absolute Gasteiger partial charge is 0.417 e. The Kier molecular flexibility index (Phi) is 11.2. The lowest BCUT2D eigenvalue weighted by Crippen LogP contribution is -2.45. The van der Waals surface area contributed by atoms with Crippen LogP contribution in [0.1, 0.15) is 76.4 Å². The SMILES string of the molecule is CCN1CCN(Cc2ccc(NC(=O)c3cccc(C#Cc4cnc(N)nc4-c4cc5c(n4C)CCN(C(=O)OC(C)(C)C)C5=O)c3F)cc2C(F)(F)F)CC1. The number of likely N-dealkylation sites (N-methyl/N-ethyl adjacent to an activating group) is 1. The van der Waals surface area contributed by atoms with E-state index < -0.39 is 46.6 Å². The third kappa shape index (κ3) is 8.69. The topological polar surface area (TPSA) is 139 Å². The zero-order valence-electron chi connectivity index (χ0n) is 31.7. The molecular weight excluding hydrogens is 732 g/mol. The van der Waals surface area contributed by atoms with E-state index in [1.54, 1.807) is 38.5 Å². The third-order valence-electron chi connectivity index (χ3n) is 9.62. The van der Waals surface area contributed by atoms with Crippen molar-refractivity contribution in [3.05, 3.63) is 93.6 Å². The number of hydrogen-bond acceptors (Lipinski definition) is 9. The van der Waals surface area contributed by atoms with E-state index in [0.717, 1.165) is 30.6 Å². The molecule has 6 rings (SSSR count). The van der Waals surface area contributed by atoms with Crippen LogP contribution < -0.4 is 11.1 Å². The van der Waals surface area contributed by atoms with Gasteiger partial charge in [-0.1, -0.05) is 30.9 Å². The number of nitrogens with two attached hydrogens (primary N) is 1. The molecule has 1 saturated heterocycles. The van der Waals surface area contributed by atoms with E-state index in [1.165, 1.54) is 36.5 Å². The molecule has 0 bridgehead atoms. The Bertz CT molecular complexity index is 2240. The van der Waals surface area contributed by atoms with Crippen LogP contribution in [-0.2, 0) is 30.9 Å². The number of nitrogens with zero attached hydrogens (tertiary/aromatic N) is 6. The quantitative estimate of drug-likeness (QED) is 0.180. The van der Waals surface area contributed by atoms with Crippen molar-refractivity contribution in [3.8, 4) is 23.2 Å². The molecule has 0 saturated carbocycles. The number of alkyl halides is 3. The lowest BCUT2D eigenvalue weighted by atomic mass is 10.0. The van der Waals surface area contributed by atoms with Gasteiger partial charge in [0.2, 0.25) is 5.95 Å². The van der Waals surface area contributed by atoms with Crippen LogP contribution in [0.5, 0.6) is 0 Å². The largest absolute Gasteiger partial charge is 0.443 e. The van der Waals surface area contributed by atoms with Crippen LogP contribution in [-0.4, -0.2) is 92.0 Å². The molecule has 0 spiro atoms. The summed E-state index contributed by atoms with van der Waals surface area (Å²) in [4.78, 5) is 53.1. The summed E-state index contributed by atoms with van der Waals surface area (Å²) in [6.07, 6.45) is -3.75. The van der Waals surface area contributed by atoms with Gasteiger partial charge in [0.1, 0.15) is 11.3 Å². The zero-order chi connectivity index (χ0) is 40.5. The number of aromatic nitrogens is 3. The van der Waals surface area contributed by atoms with E-state index in [4.69, 9.17) is 10.5 Å². The fraction of sp³-hybridized carbons (Fsp3) is 0.375. The minimum atomic E-state index is -4.68. The molecule has 0 aliphatic carbocycles. The highest BCUT2D eigenvalue weighted by Gasteiger charge is 2.36. The van der Waals surface area contributed by atoms with Crippen LogP contribution in [0.25, 0.3) is 11.4 Å². The number of hydrogen-bond donors (Lipinski definition) is 2. The summed E-state index contributed by atoms with van der Waals surface area (Å²) >= 11 is 0. The lowest BCUT2D eigenvalue weighted by molar-refractivity contribution is -0.138. The zero-order valence-corrected chi connectivity index (χ0v) is 31.7. The van der Waals surface area contributed by atoms with Crippen LogP contribution in [0.15, 0.2) is 48.7 Å². The van der Waals surface area contributed by atoms with Gasteiger partial charge >= 0.3 is 12.3 Å². The number of benzene rings is 2. The number of fused-ring (bicyclic) bond motifs is 1. The van der Waals surface area contributed by atoms with Gasteiger partial charge in [0.05, 0.1) is 33.5 Å². The number of carbonyl (C=O) groups excluding carboxylic acids is 3. The highest BCUT2D eigenvalue weighted by atomic mass is 19.4. The molecule has 2 aliphatic heterocycles. The van der Waals surface area contributed by atoms with E-state index in [9.17, 15) is 27.6 Å². The maximum Gasteiger partial charge on any atom is 0.417 e. The second kappa shape index (κ2) is 15.8. The van der Waals surface area contributed by atoms with Crippen LogP contribution in [0.3, 0.4) is 0 Å². The molecule has 56 heavy (non-hydrogen) atoms. The number of anilines is 2. The Morgan fingerprint density at radius 1 is 0.982 bits per heavy atom. The second-order valence-corrected chi connectivity index (χ2v) is 14.6. The predicted molar refractivity (Wildman–Crippen MR) is 201 cm³/mol. The Labute approximate surface area is 321 Å². The maximum absolute atomic E-state index is 15.8. The van der Waals surface area contributed by atoms with Gasteiger partial charge < -0.3 is 25.3 Å². The van der Waals surface area contributed by atoms with Crippen molar-refractivity contribution in [2.75, 3.05) is 50.3 Å². The third-order valence-corrected chi connectivity index (χ3v) is 9.62. The Hall–Kier alpha value is -5.79. The molecule has 4 aromatic rings. The number of carbonyl (C=O) groups is 3. The number of halogens is 4. The number of imide groups is 1. The van der Waals surface area contributed by atoms with E-state index in [1.807, 2.05) is 11.8 Å². The Morgan fingerprint density at radius 2 is 1.68 bits per heavy atom. The number of piperazine rings is 1.